The van der Waals surface area contributed by atoms with Gasteiger partial charge in [0.15, 0.2) is 0 Å². The fourth-order valence-corrected chi connectivity index (χ4v) is 1.75. The molecule has 2 nitrogen and oxygen atoms in total. The lowest BCUT2D eigenvalue weighted by atomic mass is 9.72. The molecule has 2 atom stereocenters. The molecule has 1 fully saturated rings. The highest BCUT2D eigenvalue weighted by Gasteiger charge is 2.73. The van der Waals surface area contributed by atoms with Gasteiger partial charge in [-0.3, -0.25) is 0 Å². The van der Waals surface area contributed by atoms with Crippen LogP contribution in [0.5, 0.6) is 0 Å². The van der Waals surface area contributed by atoms with E-state index < -0.39 is 30.2 Å². The molecule has 0 aromatic heterocycles. The first-order valence-corrected chi connectivity index (χ1v) is 4.07. The highest BCUT2D eigenvalue weighted by atomic mass is 19.3. The summed E-state index contributed by atoms with van der Waals surface area (Å²) < 4.78 is 50.4. The van der Waals surface area contributed by atoms with E-state index in [0.29, 0.717) is 13.0 Å². The van der Waals surface area contributed by atoms with E-state index in [9.17, 15) is 17.6 Å². The number of alkyl halides is 4. The third kappa shape index (κ3) is 1.07. The van der Waals surface area contributed by atoms with Crippen molar-refractivity contribution in [2.24, 2.45) is 16.1 Å². The summed E-state index contributed by atoms with van der Waals surface area (Å²) in [4.78, 5) is 0. The molecule has 0 spiro atoms. The van der Waals surface area contributed by atoms with Crippen LogP contribution in [0.1, 0.15) is 12.8 Å². The molecule has 74 valence electrons. The van der Waals surface area contributed by atoms with Crippen LogP contribution in [0, 0.1) is 5.92 Å². The summed E-state index contributed by atoms with van der Waals surface area (Å²) in [6, 6.07) is -0.699. The lowest BCUT2D eigenvalue weighted by Crippen LogP contribution is -2.61. The van der Waals surface area contributed by atoms with Crippen LogP contribution in [0.2, 0.25) is 0 Å². The molecule has 0 amide bonds. The first kappa shape index (κ1) is 8.90. The fraction of sp³-hybridized carbons (Fsp3) is 1.00. The maximum Gasteiger partial charge on any atom is 0.315 e. The largest absolute Gasteiger partial charge is 0.315 e. The van der Waals surface area contributed by atoms with Gasteiger partial charge in [-0.1, -0.05) is 0 Å². The monoisotopic (exact) mass is 196 g/mol. The summed E-state index contributed by atoms with van der Waals surface area (Å²) in [5.41, 5.74) is 0. The molecule has 0 bridgehead atoms. The summed E-state index contributed by atoms with van der Waals surface area (Å²) in [6.45, 7) is 0.378. The Kier molecular flexibility index (Phi) is 1.66. The molecule has 0 N–H and O–H groups in total. The molecule has 2 rings (SSSR count). The SMILES string of the molecule is FC1(F)C[C@@H]([C@H]2CCN=N2)C1(F)F. The van der Waals surface area contributed by atoms with Gasteiger partial charge in [-0.2, -0.15) is 27.8 Å². The normalized spacial score (nSPS) is 40.3. The number of halogens is 4. The van der Waals surface area contributed by atoms with Crippen molar-refractivity contribution in [1.82, 2.24) is 0 Å². The highest BCUT2D eigenvalue weighted by Crippen LogP contribution is 2.57. The van der Waals surface area contributed by atoms with Gasteiger partial charge in [-0.05, 0) is 6.42 Å². The number of azo groups is 1. The Morgan fingerprint density at radius 3 is 2.23 bits per heavy atom. The molecule has 0 aromatic carbocycles. The Morgan fingerprint density at radius 2 is 1.85 bits per heavy atom. The molecule has 1 saturated carbocycles. The second-order valence-corrected chi connectivity index (χ2v) is 3.47. The Labute approximate surface area is 72.0 Å². The number of nitrogens with zero attached hydrogens (tertiary/aromatic N) is 2. The Hall–Kier alpha value is -0.680. The zero-order valence-electron chi connectivity index (χ0n) is 6.68. The summed E-state index contributed by atoms with van der Waals surface area (Å²) >= 11 is 0. The van der Waals surface area contributed by atoms with E-state index >= 15 is 0 Å². The molecule has 1 aliphatic carbocycles. The van der Waals surface area contributed by atoms with Crippen molar-refractivity contribution in [2.75, 3.05) is 6.54 Å². The molecule has 2 aliphatic rings. The molecular weight excluding hydrogens is 188 g/mol. The third-order valence-corrected chi connectivity index (χ3v) is 2.65. The second-order valence-electron chi connectivity index (χ2n) is 3.47. The molecule has 13 heavy (non-hydrogen) atoms. The Balaban J connectivity index is 2.09. The van der Waals surface area contributed by atoms with E-state index in [2.05, 4.69) is 10.2 Å². The second kappa shape index (κ2) is 2.42. The van der Waals surface area contributed by atoms with Gasteiger partial charge in [0.1, 0.15) is 0 Å². The standard InChI is InChI=1S/C7H8F4N2/c8-6(9)3-4(7(6,10)11)5-1-2-12-13-5/h4-5H,1-3H2/t4-,5+/m0/s1. The van der Waals surface area contributed by atoms with E-state index in [1.807, 2.05) is 0 Å². The minimum absolute atomic E-state index is 0.371. The van der Waals surface area contributed by atoms with Crippen molar-refractivity contribution < 1.29 is 17.6 Å². The van der Waals surface area contributed by atoms with Gasteiger partial charge in [0.05, 0.1) is 18.5 Å². The summed E-state index contributed by atoms with van der Waals surface area (Å²) in [5.74, 6) is -9.04. The molecule has 0 unspecified atom stereocenters. The van der Waals surface area contributed by atoms with Crippen LogP contribution < -0.4 is 0 Å². The summed E-state index contributed by atoms with van der Waals surface area (Å²) in [5, 5.41) is 7.06. The number of hydrogen-bond donors (Lipinski definition) is 0. The van der Waals surface area contributed by atoms with Crippen LogP contribution in [0.15, 0.2) is 10.2 Å². The predicted molar refractivity (Wildman–Crippen MR) is 36.1 cm³/mol. The molecule has 0 aromatic rings. The van der Waals surface area contributed by atoms with Crippen LogP contribution in [-0.4, -0.2) is 24.4 Å². The minimum atomic E-state index is -3.89. The molecule has 1 heterocycles. The van der Waals surface area contributed by atoms with E-state index in [-0.39, 0.29) is 0 Å². The summed E-state index contributed by atoms with van der Waals surface area (Å²) in [6.07, 6.45) is -0.389. The minimum Gasteiger partial charge on any atom is -0.200 e. The van der Waals surface area contributed by atoms with Crippen molar-refractivity contribution in [2.45, 2.75) is 30.7 Å². The number of rotatable bonds is 1. The molecule has 0 saturated heterocycles. The van der Waals surface area contributed by atoms with Crippen molar-refractivity contribution in [3.05, 3.63) is 0 Å². The highest BCUT2D eigenvalue weighted by molar-refractivity contribution is 5.07. The lowest BCUT2D eigenvalue weighted by Gasteiger charge is -2.45. The molecule has 6 heteroatoms. The Morgan fingerprint density at radius 1 is 1.15 bits per heavy atom. The van der Waals surface area contributed by atoms with Crippen LogP contribution in [0.3, 0.4) is 0 Å². The van der Waals surface area contributed by atoms with Crippen molar-refractivity contribution >= 4 is 0 Å². The van der Waals surface area contributed by atoms with E-state index in [1.165, 1.54) is 0 Å². The smallest absolute Gasteiger partial charge is 0.200 e. The lowest BCUT2D eigenvalue weighted by molar-refractivity contribution is -0.317. The molecule has 0 radical (unpaired) electrons. The first-order chi connectivity index (χ1) is 5.95. The van der Waals surface area contributed by atoms with Gasteiger partial charge in [-0.25, -0.2) is 0 Å². The maximum absolute atomic E-state index is 12.8. The third-order valence-electron chi connectivity index (χ3n) is 2.65. The zero-order chi connectivity index (χ0) is 9.69. The van der Waals surface area contributed by atoms with Gasteiger partial charge >= 0.3 is 11.8 Å². The Bertz CT molecular complexity index is 251. The molecule has 1 aliphatic heterocycles. The van der Waals surface area contributed by atoms with E-state index in [1.54, 1.807) is 0 Å². The van der Waals surface area contributed by atoms with Crippen LogP contribution in [-0.2, 0) is 0 Å². The van der Waals surface area contributed by atoms with Crippen LogP contribution in [0.25, 0.3) is 0 Å². The zero-order valence-corrected chi connectivity index (χ0v) is 6.68. The van der Waals surface area contributed by atoms with E-state index in [4.69, 9.17) is 0 Å². The van der Waals surface area contributed by atoms with Crippen molar-refractivity contribution in [3.63, 3.8) is 0 Å². The van der Waals surface area contributed by atoms with Crippen LogP contribution >= 0.6 is 0 Å². The molecular formula is C7H8F4N2. The quantitative estimate of drug-likeness (QED) is 0.575. The van der Waals surface area contributed by atoms with Gasteiger partial charge < -0.3 is 0 Å². The fourth-order valence-electron chi connectivity index (χ4n) is 1.75. The van der Waals surface area contributed by atoms with Gasteiger partial charge in [0.25, 0.3) is 0 Å². The summed E-state index contributed by atoms with van der Waals surface area (Å²) in [7, 11) is 0. The number of hydrogen-bond acceptors (Lipinski definition) is 2. The average Bonchev–Trinajstić information content (AvgIpc) is 2.52. The first-order valence-electron chi connectivity index (χ1n) is 4.07. The predicted octanol–water partition coefficient (Wildman–Crippen LogP) is 2.50. The topological polar surface area (TPSA) is 24.7 Å². The van der Waals surface area contributed by atoms with Crippen LogP contribution in [0.4, 0.5) is 17.6 Å². The average molecular weight is 196 g/mol. The van der Waals surface area contributed by atoms with Gasteiger partial charge in [0.2, 0.25) is 0 Å². The van der Waals surface area contributed by atoms with Crippen molar-refractivity contribution in [3.8, 4) is 0 Å². The van der Waals surface area contributed by atoms with Gasteiger partial charge in [0, 0.05) is 6.42 Å². The van der Waals surface area contributed by atoms with Crippen molar-refractivity contribution in [1.29, 1.82) is 0 Å². The van der Waals surface area contributed by atoms with Gasteiger partial charge in [-0.15, -0.1) is 0 Å². The maximum atomic E-state index is 12.8. The van der Waals surface area contributed by atoms with E-state index in [0.717, 1.165) is 0 Å².